The Kier molecular flexibility index (Phi) is 6.54. The summed E-state index contributed by atoms with van der Waals surface area (Å²) in [6.07, 6.45) is 1.000. The van der Waals surface area contributed by atoms with Crippen LogP contribution in [-0.2, 0) is 0 Å². The minimum Gasteiger partial charge on any atom is -0.497 e. The lowest BCUT2D eigenvalue weighted by Gasteiger charge is -2.37. The summed E-state index contributed by atoms with van der Waals surface area (Å²) in [4.78, 5) is 1.24. The molecule has 0 radical (unpaired) electrons. The van der Waals surface area contributed by atoms with E-state index in [1.54, 1.807) is 14.2 Å². The molecule has 0 aliphatic carbocycles. The number of hydrazine groups is 1. The summed E-state index contributed by atoms with van der Waals surface area (Å²) in [5.74, 6) is 2.46. The first-order valence-electron chi connectivity index (χ1n) is 10.4. The zero-order valence-corrected chi connectivity index (χ0v) is 19.9. The van der Waals surface area contributed by atoms with E-state index in [1.807, 2.05) is 30.0 Å². The molecule has 0 spiro atoms. The molecule has 0 fully saturated rings. The maximum atomic E-state index is 6.69. The van der Waals surface area contributed by atoms with Gasteiger partial charge in [0.2, 0.25) is 0 Å². The van der Waals surface area contributed by atoms with E-state index < -0.39 is 0 Å². The van der Waals surface area contributed by atoms with Gasteiger partial charge in [-0.1, -0.05) is 48.9 Å². The Hall–Kier alpha value is -2.50. The van der Waals surface area contributed by atoms with Crippen molar-refractivity contribution in [1.82, 2.24) is 5.01 Å². The number of thioether (sulfide) groups is 1. The smallest absolute Gasteiger partial charge is 0.151 e. The van der Waals surface area contributed by atoms with Crippen molar-refractivity contribution < 1.29 is 9.47 Å². The highest BCUT2D eigenvalue weighted by atomic mass is 35.5. The van der Waals surface area contributed by atoms with Crippen LogP contribution < -0.4 is 14.5 Å². The van der Waals surface area contributed by atoms with Gasteiger partial charge in [0.25, 0.3) is 0 Å². The molecule has 0 saturated carbocycles. The minimum absolute atomic E-state index is 0.683. The summed E-state index contributed by atoms with van der Waals surface area (Å²) in [6, 6.07) is 18.5. The van der Waals surface area contributed by atoms with Gasteiger partial charge in [0.1, 0.15) is 11.4 Å². The van der Waals surface area contributed by atoms with Gasteiger partial charge < -0.3 is 9.47 Å². The molecule has 0 N–H and O–H groups in total. The predicted molar refractivity (Wildman–Crippen MR) is 133 cm³/mol. The third-order valence-corrected chi connectivity index (χ3v) is 6.81. The fourth-order valence-electron chi connectivity index (χ4n) is 4.04. The van der Waals surface area contributed by atoms with Gasteiger partial charge >= 0.3 is 0 Å². The normalized spacial score (nSPS) is 13.8. The molecule has 4 nitrogen and oxygen atoms in total. The van der Waals surface area contributed by atoms with Crippen LogP contribution >= 0.6 is 23.4 Å². The number of methoxy groups -OCH3 is 2. The van der Waals surface area contributed by atoms with Gasteiger partial charge in [0, 0.05) is 22.4 Å². The second kappa shape index (κ2) is 9.33. The Bertz CT molecular complexity index is 1130. The molecule has 1 aliphatic rings. The van der Waals surface area contributed by atoms with Crippen LogP contribution in [0.2, 0.25) is 5.02 Å². The number of allylic oxidation sites excluding steroid dienone is 1. The molecule has 3 aromatic carbocycles. The average Bonchev–Trinajstić information content (AvgIpc) is 3.17. The number of benzene rings is 3. The molecule has 1 aliphatic heterocycles. The number of fused-ring (bicyclic) bond motifs is 1. The molecule has 162 valence electrons. The lowest BCUT2D eigenvalue weighted by molar-refractivity contribution is 0.391. The largest absolute Gasteiger partial charge is 0.497 e. The number of hydrogen-bond donors (Lipinski definition) is 0. The van der Waals surface area contributed by atoms with E-state index >= 15 is 0 Å². The van der Waals surface area contributed by atoms with Crippen molar-refractivity contribution in [2.75, 3.05) is 31.7 Å². The molecular formula is C25H27ClN2O2S. The van der Waals surface area contributed by atoms with Crippen molar-refractivity contribution in [3.05, 3.63) is 70.1 Å². The summed E-state index contributed by atoms with van der Waals surface area (Å²) in [6.45, 7) is 5.21. The topological polar surface area (TPSA) is 24.9 Å². The molecular weight excluding hydrogens is 428 g/mol. The van der Waals surface area contributed by atoms with Crippen molar-refractivity contribution in [3.8, 4) is 11.5 Å². The molecule has 0 amide bonds. The standard InChI is InChI=1S/C25H27ClN2O2S/c1-5-14-27(23-13-10-18-8-6-7-9-20(18)25(23)30-4)28-16-31-17(2)24(28)21-12-11-19(29-3)15-22(21)26/h6-13,15H,5,14,16H2,1-4H3. The highest BCUT2D eigenvalue weighted by molar-refractivity contribution is 8.03. The van der Waals surface area contributed by atoms with Crippen LogP contribution in [0.3, 0.4) is 0 Å². The first-order chi connectivity index (χ1) is 15.1. The number of halogens is 1. The van der Waals surface area contributed by atoms with Crippen LogP contribution in [0.1, 0.15) is 25.8 Å². The monoisotopic (exact) mass is 454 g/mol. The zero-order valence-electron chi connectivity index (χ0n) is 18.3. The van der Waals surface area contributed by atoms with Gasteiger partial charge in [-0.3, -0.25) is 10.0 Å². The minimum atomic E-state index is 0.683. The van der Waals surface area contributed by atoms with Crippen LogP contribution in [0.4, 0.5) is 5.69 Å². The summed E-state index contributed by atoms with van der Waals surface area (Å²) < 4.78 is 11.3. The second-order valence-electron chi connectivity index (χ2n) is 7.39. The molecule has 3 aromatic rings. The fraction of sp³-hybridized carbons (Fsp3) is 0.280. The van der Waals surface area contributed by atoms with Crippen LogP contribution in [0.5, 0.6) is 11.5 Å². The highest BCUT2D eigenvalue weighted by Gasteiger charge is 2.30. The molecule has 0 saturated heterocycles. The van der Waals surface area contributed by atoms with E-state index in [0.29, 0.717) is 5.02 Å². The maximum absolute atomic E-state index is 6.69. The van der Waals surface area contributed by atoms with E-state index in [2.05, 4.69) is 60.3 Å². The van der Waals surface area contributed by atoms with E-state index in [4.69, 9.17) is 21.1 Å². The third kappa shape index (κ3) is 4.04. The fourth-order valence-corrected chi connectivity index (χ4v) is 5.24. The number of nitrogens with zero attached hydrogens (tertiary/aromatic N) is 2. The molecule has 0 unspecified atom stereocenters. The van der Waals surface area contributed by atoms with Crippen molar-refractivity contribution in [2.24, 2.45) is 0 Å². The van der Waals surface area contributed by atoms with Crippen LogP contribution in [0.25, 0.3) is 16.5 Å². The molecule has 0 bridgehead atoms. The molecule has 6 heteroatoms. The van der Waals surface area contributed by atoms with Crippen molar-refractivity contribution in [1.29, 1.82) is 0 Å². The molecule has 4 rings (SSSR count). The van der Waals surface area contributed by atoms with E-state index in [9.17, 15) is 0 Å². The summed E-state index contributed by atoms with van der Waals surface area (Å²) >= 11 is 8.52. The van der Waals surface area contributed by atoms with E-state index in [-0.39, 0.29) is 0 Å². The molecule has 31 heavy (non-hydrogen) atoms. The van der Waals surface area contributed by atoms with Crippen molar-refractivity contribution in [3.63, 3.8) is 0 Å². The van der Waals surface area contributed by atoms with Crippen molar-refractivity contribution in [2.45, 2.75) is 20.3 Å². The molecule has 0 atom stereocenters. The Morgan fingerprint density at radius 2 is 1.87 bits per heavy atom. The Morgan fingerprint density at radius 3 is 2.58 bits per heavy atom. The number of rotatable bonds is 7. The Balaban J connectivity index is 1.83. The van der Waals surface area contributed by atoms with Gasteiger partial charge in [-0.25, -0.2) is 0 Å². The van der Waals surface area contributed by atoms with Crippen LogP contribution in [0, 0.1) is 0 Å². The average molecular weight is 455 g/mol. The Morgan fingerprint density at radius 1 is 1.06 bits per heavy atom. The zero-order chi connectivity index (χ0) is 22.0. The molecule has 1 heterocycles. The van der Waals surface area contributed by atoms with Gasteiger partial charge in [-0.15, -0.1) is 11.8 Å². The van der Waals surface area contributed by atoms with Crippen LogP contribution in [0.15, 0.2) is 59.5 Å². The van der Waals surface area contributed by atoms with E-state index in [0.717, 1.165) is 52.7 Å². The first kappa shape index (κ1) is 21.7. The van der Waals surface area contributed by atoms with Gasteiger partial charge in [-0.2, -0.15) is 0 Å². The quantitative estimate of drug-likeness (QED) is 0.381. The van der Waals surface area contributed by atoms with E-state index in [1.165, 1.54) is 10.3 Å². The van der Waals surface area contributed by atoms with Gasteiger partial charge in [0.05, 0.1) is 30.8 Å². The number of anilines is 1. The molecule has 0 aromatic heterocycles. The van der Waals surface area contributed by atoms with Gasteiger partial charge in [-0.05, 0) is 43.0 Å². The lowest BCUT2D eigenvalue weighted by atomic mass is 10.1. The summed E-state index contributed by atoms with van der Waals surface area (Å²) in [5.41, 5.74) is 3.19. The van der Waals surface area contributed by atoms with Gasteiger partial charge in [0.15, 0.2) is 5.75 Å². The Labute approximate surface area is 193 Å². The van der Waals surface area contributed by atoms with Crippen molar-refractivity contribution >= 4 is 45.5 Å². The maximum Gasteiger partial charge on any atom is 0.151 e. The SMILES string of the molecule is CCCN(c1ccc2ccccc2c1OC)N1CSC(C)=C1c1ccc(OC)cc1Cl. The predicted octanol–water partition coefficient (Wildman–Crippen LogP) is 7.04. The number of hydrogen-bond acceptors (Lipinski definition) is 5. The lowest BCUT2D eigenvalue weighted by Crippen LogP contribution is -2.40. The number of ether oxygens (including phenoxy) is 2. The summed E-state index contributed by atoms with van der Waals surface area (Å²) in [5, 5.41) is 7.61. The van der Waals surface area contributed by atoms with Crippen LogP contribution in [-0.4, -0.2) is 31.7 Å². The highest BCUT2D eigenvalue weighted by Crippen LogP contribution is 2.45. The first-order valence-corrected chi connectivity index (χ1v) is 11.7. The summed E-state index contributed by atoms with van der Waals surface area (Å²) in [7, 11) is 3.40. The second-order valence-corrected chi connectivity index (χ2v) is 8.95. The third-order valence-electron chi connectivity index (χ3n) is 5.49.